The molecule has 0 saturated heterocycles. The molecule has 2 aromatic rings. The highest BCUT2D eigenvalue weighted by Gasteiger charge is 2.38. The van der Waals surface area contributed by atoms with Gasteiger partial charge in [0.2, 0.25) is 5.91 Å². The van der Waals surface area contributed by atoms with Crippen molar-refractivity contribution in [2.75, 3.05) is 6.54 Å². The zero-order valence-corrected chi connectivity index (χ0v) is 13.0. The molecule has 8 nitrogen and oxygen atoms in total. The Morgan fingerprint density at radius 2 is 2.08 bits per heavy atom. The van der Waals surface area contributed by atoms with Gasteiger partial charge in [-0.3, -0.25) is 4.79 Å². The molecule has 1 aromatic heterocycles. The van der Waals surface area contributed by atoms with Crippen LogP contribution in [0.5, 0.6) is 0 Å². The Labute approximate surface area is 139 Å². The SMILES string of the molecule is C#CCCC1(CCNC(=O)C(c2ccccc2)n2cnnn2)N=N1. The summed E-state index contributed by atoms with van der Waals surface area (Å²) in [5.41, 5.74) is 0.404. The second-order valence-corrected chi connectivity index (χ2v) is 5.53. The lowest BCUT2D eigenvalue weighted by molar-refractivity contribution is -0.123. The molecule has 1 unspecified atom stereocenters. The zero-order chi connectivity index (χ0) is 16.8. The molecule has 3 rings (SSSR count). The molecule has 0 aliphatic carbocycles. The Balaban J connectivity index is 1.62. The molecule has 1 N–H and O–H groups in total. The smallest absolute Gasteiger partial charge is 0.249 e. The van der Waals surface area contributed by atoms with Gasteiger partial charge in [0.15, 0.2) is 11.7 Å². The van der Waals surface area contributed by atoms with Crippen molar-refractivity contribution in [1.29, 1.82) is 0 Å². The minimum absolute atomic E-state index is 0.179. The summed E-state index contributed by atoms with van der Waals surface area (Å²) >= 11 is 0. The molecule has 0 saturated carbocycles. The van der Waals surface area contributed by atoms with E-state index in [1.165, 1.54) is 11.0 Å². The molecular formula is C16H17N7O. The summed E-state index contributed by atoms with van der Waals surface area (Å²) < 4.78 is 1.44. The molecule has 1 atom stereocenters. The summed E-state index contributed by atoms with van der Waals surface area (Å²) in [7, 11) is 0. The highest BCUT2D eigenvalue weighted by Crippen LogP contribution is 2.36. The van der Waals surface area contributed by atoms with Crippen LogP contribution < -0.4 is 5.32 Å². The van der Waals surface area contributed by atoms with Crippen LogP contribution in [0.1, 0.15) is 30.9 Å². The molecule has 24 heavy (non-hydrogen) atoms. The van der Waals surface area contributed by atoms with Crippen LogP contribution in [0, 0.1) is 12.3 Å². The Kier molecular flexibility index (Phi) is 4.61. The van der Waals surface area contributed by atoms with E-state index >= 15 is 0 Å². The molecule has 0 spiro atoms. The first-order valence-electron chi connectivity index (χ1n) is 7.67. The van der Waals surface area contributed by atoms with Crippen LogP contribution in [0.2, 0.25) is 0 Å². The first-order chi connectivity index (χ1) is 11.7. The fourth-order valence-electron chi connectivity index (χ4n) is 2.50. The van der Waals surface area contributed by atoms with E-state index in [2.05, 4.69) is 37.0 Å². The number of carbonyl (C=O) groups excluding carboxylic acids is 1. The number of rotatable bonds is 8. The van der Waals surface area contributed by atoms with Gasteiger partial charge in [-0.1, -0.05) is 30.3 Å². The summed E-state index contributed by atoms with van der Waals surface area (Å²) in [6.45, 7) is 0.460. The van der Waals surface area contributed by atoms with Crippen LogP contribution in [0.3, 0.4) is 0 Å². The molecule has 1 aromatic carbocycles. The van der Waals surface area contributed by atoms with Crippen molar-refractivity contribution < 1.29 is 4.79 Å². The number of hydrogen-bond donors (Lipinski definition) is 1. The summed E-state index contributed by atoms with van der Waals surface area (Å²) in [6, 6.07) is 8.75. The lowest BCUT2D eigenvalue weighted by Crippen LogP contribution is -2.35. The number of terminal acetylenes is 1. The van der Waals surface area contributed by atoms with Gasteiger partial charge in [0.1, 0.15) is 6.33 Å². The molecule has 8 heteroatoms. The van der Waals surface area contributed by atoms with E-state index in [0.29, 0.717) is 25.8 Å². The van der Waals surface area contributed by atoms with E-state index < -0.39 is 11.7 Å². The second kappa shape index (κ2) is 7.00. The van der Waals surface area contributed by atoms with Crippen molar-refractivity contribution in [2.45, 2.75) is 31.0 Å². The Hall–Kier alpha value is -3.08. The van der Waals surface area contributed by atoms with Crippen LogP contribution in [-0.4, -0.2) is 38.3 Å². The number of hydrogen-bond acceptors (Lipinski definition) is 6. The Morgan fingerprint density at radius 3 is 2.71 bits per heavy atom. The minimum atomic E-state index is -0.615. The van der Waals surface area contributed by atoms with Gasteiger partial charge in [0.25, 0.3) is 0 Å². The Bertz CT molecular complexity index is 742. The zero-order valence-electron chi connectivity index (χ0n) is 13.0. The predicted octanol–water partition coefficient (Wildman–Crippen LogP) is 1.34. The van der Waals surface area contributed by atoms with Crippen molar-refractivity contribution in [1.82, 2.24) is 25.5 Å². The van der Waals surface area contributed by atoms with Crippen LogP contribution >= 0.6 is 0 Å². The maximum Gasteiger partial charge on any atom is 0.249 e. The fraction of sp³-hybridized carbons (Fsp3) is 0.375. The maximum absolute atomic E-state index is 12.6. The highest BCUT2D eigenvalue weighted by atomic mass is 16.2. The largest absolute Gasteiger partial charge is 0.354 e. The third-order valence-electron chi connectivity index (χ3n) is 3.87. The molecular weight excluding hydrogens is 306 g/mol. The van der Waals surface area contributed by atoms with Gasteiger partial charge in [-0.15, -0.1) is 17.4 Å². The number of amides is 1. The summed E-state index contributed by atoms with van der Waals surface area (Å²) in [6.07, 6.45) is 8.68. The normalized spacial score (nSPS) is 15.5. The van der Waals surface area contributed by atoms with Gasteiger partial charge in [-0.05, 0) is 16.0 Å². The van der Waals surface area contributed by atoms with Gasteiger partial charge in [0.05, 0.1) is 0 Å². The molecule has 1 amide bonds. The molecule has 0 fully saturated rings. The number of tetrazole rings is 1. The molecule has 1 aliphatic heterocycles. The van der Waals surface area contributed by atoms with Crippen LogP contribution in [-0.2, 0) is 4.79 Å². The summed E-state index contributed by atoms with van der Waals surface area (Å²) in [5.74, 6) is 2.41. The highest BCUT2D eigenvalue weighted by molar-refractivity contribution is 5.83. The summed E-state index contributed by atoms with van der Waals surface area (Å²) in [4.78, 5) is 12.6. The second-order valence-electron chi connectivity index (χ2n) is 5.53. The standard InChI is InChI=1S/C16H17N7O/c1-2-3-9-16(19-20-16)10-11-17-15(24)14(23-12-18-21-22-23)13-7-5-4-6-8-13/h1,4-8,12,14H,3,9-11H2,(H,17,24). The molecule has 2 heterocycles. The van der Waals surface area contributed by atoms with E-state index in [9.17, 15) is 4.79 Å². The number of carbonyl (C=O) groups is 1. The number of benzene rings is 1. The summed E-state index contributed by atoms with van der Waals surface area (Å²) in [5, 5.41) is 22.1. The van der Waals surface area contributed by atoms with E-state index in [-0.39, 0.29) is 5.91 Å². The Morgan fingerprint density at radius 1 is 1.29 bits per heavy atom. The quantitative estimate of drug-likeness (QED) is 0.741. The minimum Gasteiger partial charge on any atom is -0.354 e. The average molecular weight is 323 g/mol. The van der Waals surface area contributed by atoms with Crippen LogP contribution in [0.25, 0.3) is 0 Å². The molecule has 0 radical (unpaired) electrons. The third-order valence-corrected chi connectivity index (χ3v) is 3.87. The molecule has 122 valence electrons. The predicted molar refractivity (Wildman–Crippen MR) is 85.7 cm³/mol. The van der Waals surface area contributed by atoms with Gasteiger partial charge in [-0.25, -0.2) is 4.68 Å². The monoisotopic (exact) mass is 323 g/mol. The third kappa shape index (κ3) is 3.63. The van der Waals surface area contributed by atoms with Gasteiger partial charge >= 0.3 is 0 Å². The van der Waals surface area contributed by atoms with E-state index in [4.69, 9.17) is 6.42 Å². The van der Waals surface area contributed by atoms with Crippen molar-refractivity contribution in [3.05, 3.63) is 42.2 Å². The first kappa shape index (κ1) is 15.8. The molecule has 1 aliphatic rings. The van der Waals surface area contributed by atoms with Gasteiger partial charge in [0, 0.05) is 25.8 Å². The van der Waals surface area contributed by atoms with E-state index in [0.717, 1.165) is 5.56 Å². The molecule has 0 bridgehead atoms. The van der Waals surface area contributed by atoms with Crippen molar-refractivity contribution in [3.63, 3.8) is 0 Å². The average Bonchev–Trinajstić information content (AvgIpc) is 3.17. The lowest BCUT2D eigenvalue weighted by Gasteiger charge is -2.17. The van der Waals surface area contributed by atoms with Crippen molar-refractivity contribution >= 4 is 5.91 Å². The van der Waals surface area contributed by atoms with Gasteiger partial charge in [-0.2, -0.15) is 10.2 Å². The topological polar surface area (TPSA) is 97.4 Å². The number of aromatic nitrogens is 4. The van der Waals surface area contributed by atoms with Crippen molar-refractivity contribution in [2.24, 2.45) is 10.2 Å². The number of nitrogens with one attached hydrogen (secondary N) is 1. The maximum atomic E-state index is 12.6. The van der Waals surface area contributed by atoms with Crippen LogP contribution in [0.4, 0.5) is 0 Å². The van der Waals surface area contributed by atoms with E-state index in [1.807, 2.05) is 30.3 Å². The number of nitrogens with zero attached hydrogens (tertiary/aromatic N) is 6. The lowest BCUT2D eigenvalue weighted by atomic mass is 10.0. The fourth-order valence-corrected chi connectivity index (χ4v) is 2.50. The first-order valence-corrected chi connectivity index (χ1v) is 7.67. The van der Waals surface area contributed by atoms with Crippen molar-refractivity contribution in [3.8, 4) is 12.3 Å². The van der Waals surface area contributed by atoms with Crippen LogP contribution in [0.15, 0.2) is 46.9 Å². The van der Waals surface area contributed by atoms with E-state index in [1.54, 1.807) is 0 Å². The van der Waals surface area contributed by atoms with Gasteiger partial charge < -0.3 is 5.32 Å².